The van der Waals surface area contributed by atoms with Crippen LogP contribution in [0.15, 0.2) is 0 Å². The largest absolute Gasteiger partial charge is 0.355 e. The quantitative estimate of drug-likeness (QED) is 0.698. The molecule has 0 saturated carbocycles. The molecule has 16 heavy (non-hydrogen) atoms. The lowest BCUT2D eigenvalue weighted by Gasteiger charge is -2.47. The van der Waals surface area contributed by atoms with Gasteiger partial charge in [-0.05, 0) is 13.8 Å². The average Bonchev–Trinajstić information content (AvgIpc) is 2.14. The average molecular weight is 250 g/mol. The minimum Gasteiger partial charge on any atom is -0.355 e. The summed E-state index contributed by atoms with van der Waals surface area (Å²) in [5.41, 5.74) is -0.137. The molecule has 0 aliphatic carbocycles. The van der Waals surface area contributed by atoms with E-state index >= 15 is 0 Å². The van der Waals surface area contributed by atoms with Gasteiger partial charge in [0.05, 0.1) is 11.5 Å². The van der Waals surface area contributed by atoms with Crippen LogP contribution in [-0.2, 0) is 4.79 Å². The highest BCUT2D eigenvalue weighted by molar-refractivity contribution is 8.24. The Hall–Kier alpha value is -0.300. The van der Waals surface area contributed by atoms with Crippen molar-refractivity contribution in [1.82, 2.24) is 10.2 Å². The van der Waals surface area contributed by atoms with Crippen LogP contribution in [0.5, 0.6) is 0 Å². The predicted octanol–water partition coefficient (Wildman–Crippen LogP) is 0.967. The third-order valence-electron chi connectivity index (χ3n) is 3.00. The summed E-state index contributed by atoms with van der Waals surface area (Å²) in [6.07, 6.45) is 0. The number of hydrogen-bond donors (Lipinski definition) is 3. The SMILES string of the molecule is CC(=O)NCC(C)(C)N1CCS(O)(O)CC1. The molecular weight excluding hydrogens is 228 g/mol. The van der Waals surface area contributed by atoms with E-state index in [1.807, 2.05) is 0 Å². The van der Waals surface area contributed by atoms with Crippen LogP contribution in [0.25, 0.3) is 0 Å². The van der Waals surface area contributed by atoms with Crippen molar-refractivity contribution in [2.75, 3.05) is 31.1 Å². The smallest absolute Gasteiger partial charge is 0.216 e. The summed E-state index contributed by atoms with van der Waals surface area (Å²) in [6, 6.07) is 0. The first-order chi connectivity index (χ1) is 7.23. The second kappa shape index (κ2) is 4.91. The van der Waals surface area contributed by atoms with Gasteiger partial charge in [-0.25, -0.2) is 0 Å². The molecule has 6 heteroatoms. The molecule has 0 radical (unpaired) electrons. The van der Waals surface area contributed by atoms with E-state index in [-0.39, 0.29) is 11.4 Å². The Morgan fingerprint density at radius 3 is 2.31 bits per heavy atom. The number of amides is 1. The van der Waals surface area contributed by atoms with Crippen molar-refractivity contribution in [2.24, 2.45) is 0 Å². The summed E-state index contributed by atoms with van der Waals surface area (Å²) in [6.45, 7) is 7.55. The zero-order valence-corrected chi connectivity index (χ0v) is 11.0. The lowest BCUT2D eigenvalue weighted by atomic mass is 10.0. The highest BCUT2D eigenvalue weighted by atomic mass is 32.3. The maximum Gasteiger partial charge on any atom is 0.216 e. The van der Waals surface area contributed by atoms with Crippen LogP contribution in [0.1, 0.15) is 20.8 Å². The highest BCUT2D eigenvalue weighted by Gasteiger charge is 2.32. The van der Waals surface area contributed by atoms with E-state index < -0.39 is 10.6 Å². The van der Waals surface area contributed by atoms with Gasteiger partial charge in [0.1, 0.15) is 0 Å². The van der Waals surface area contributed by atoms with Gasteiger partial charge < -0.3 is 5.32 Å². The molecule has 0 aromatic carbocycles. The Balaban J connectivity index is 2.47. The van der Waals surface area contributed by atoms with Crippen molar-refractivity contribution in [1.29, 1.82) is 0 Å². The van der Waals surface area contributed by atoms with Gasteiger partial charge in [0.2, 0.25) is 5.91 Å². The van der Waals surface area contributed by atoms with Crippen molar-refractivity contribution in [2.45, 2.75) is 26.3 Å². The van der Waals surface area contributed by atoms with Crippen LogP contribution in [-0.4, -0.2) is 56.6 Å². The predicted molar refractivity (Wildman–Crippen MR) is 66.9 cm³/mol. The third kappa shape index (κ3) is 3.93. The van der Waals surface area contributed by atoms with Crippen molar-refractivity contribution >= 4 is 16.5 Å². The molecule has 1 amide bonds. The van der Waals surface area contributed by atoms with Gasteiger partial charge in [0.25, 0.3) is 0 Å². The number of carbonyl (C=O) groups is 1. The summed E-state index contributed by atoms with van der Waals surface area (Å²) in [4.78, 5) is 13.1. The van der Waals surface area contributed by atoms with E-state index in [2.05, 4.69) is 24.1 Å². The molecule has 1 fully saturated rings. The molecule has 1 aliphatic rings. The van der Waals surface area contributed by atoms with E-state index in [1.165, 1.54) is 6.92 Å². The Morgan fingerprint density at radius 1 is 1.38 bits per heavy atom. The van der Waals surface area contributed by atoms with Gasteiger partial charge in [-0.15, -0.1) is 0 Å². The van der Waals surface area contributed by atoms with E-state index in [0.717, 1.165) is 0 Å². The van der Waals surface area contributed by atoms with Crippen molar-refractivity contribution < 1.29 is 13.9 Å². The van der Waals surface area contributed by atoms with E-state index in [9.17, 15) is 13.9 Å². The topological polar surface area (TPSA) is 72.8 Å². The first kappa shape index (κ1) is 13.8. The lowest BCUT2D eigenvalue weighted by molar-refractivity contribution is -0.119. The zero-order valence-electron chi connectivity index (χ0n) is 10.2. The van der Waals surface area contributed by atoms with Gasteiger partial charge >= 0.3 is 0 Å². The molecular formula is C10H22N2O3S. The van der Waals surface area contributed by atoms with Gasteiger partial charge in [-0.1, -0.05) is 0 Å². The van der Waals surface area contributed by atoms with Gasteiger partial charge in [0.15, 0.2) is 0 Å². The van der Waals surface area contributed by atoms with Crippen molar-refractivity contribution in [3.05, 3.63) is 0 Å². The summed E-state index contributed by atoms with van der Waals surface area (Å²) >= 11 is 0. The fourth-order valence-corrected chi connectivity index (χ4v) is 3.01. The molecule has 0 aromatic rings. The molecule has 0 atom stereocenters. The zero-order chi connectivity index (χ0) is 12.4. The lowest BCUT2D eigenvalue weighted by Crippen LogP contribution is -2.55. The first-order valence-corrected chi connectivity index (χ1v) is 7.34. The number of nitrogens with one attached hydrogen (secondary N) is 1. The standard InChI is InChI=1S/C10H22N2O3S/c1-9(13)11-8-10(2,3)12-4-6-16(14,15)7-5-12/h14-15H,4-8H2,1-3H3,(H,11,13). The summed E-state index contributed by atoms with van der Waals surface area (Å²) in [7, 11) is -2.34. The summed E-state index contributed by atoms with van der Waals surface area (Å²) in [5.74, 6) is 0.849. The fourth-order valence-electron chi connectivity index (χ4n) is 1.78. The highest BCUT2D eigenvalue weighted by Crippen LogP contribution is 2.41. The van der Waals surface area contributed by atoms with Crippen LogP contribution in [0.2, 0.25) is 0 Å². The second-order valence-electron chi connectivity index (χ2n) is 4.92. The van der Waals surface area contributed by atoms with E-state index in [4.69, 9.17) is 0 Å². The molecule has 96 valence electrons. The molecule has 0 spiro atoms. The third-order valence-corrected chi connectivity index (χ3v) is 4.68. The maximum absolute atomic E-state index is 10.9. The fraction of sp³-hybridized carbons (Fsp3) is 0.900. The second-order valence-corrected chi connectivity index (χ2v) is 7.34. The van der Waals surface area contributed by atoms with Gasteiger partial charge in [-0.2, -0.15) is 10.6 Å². The van der Waals surface area contributed by atoms with Crippen LogP contribution in [0.4, 0.5) is 0 Å². The summed E-state index contributed by atoms with van der Waals surface area (Å²) in [5, 5.41) is 2.81. The molecule has 5 nitrogen and oxygen atoms in total. The number of hydrogen-bond acceptors (Lipinski definition) is 4. The van der Waals surface area contributed by atoms with E-state index in [0.29, 0.717) is 31.1 Å². The normalized spacial score (nSPS) is 23.8. The molecule has 1 aliphatic heterocycles. The van der Waals surface area contributed by atoms with Crippen molar-refractivity contribution in [3.8, 4) is 0 Å². The van der Waals surface area contributed by atoms with Gasteiger partial charge in [-0.3, -0.25) is 18.8 Å². The summed E-state index contributed by atoms with van der Waals surface area (Å²) < 4.78 is 19.0. The number of rotatable bonds is 3. The van der Waals surface area contributed by atoms with Crippen LogP contribution < -0.4 is 5.32 Å². The Kier molecular flexibility index (Phi) is 4.23. The molecule has 1 rings (SSSR count). The minimum absolute atomic E-state index is 0.0330. The Morgan fingerprint density at radius 2 is 1.88 bits per heavy atom. The van der Waals surface area contributed by atoms with Gasteiger partial charge in [0, 0.05) is 32.1 Å². The van der Waals surface area contributed by atoms with Crippen LogP contribution >= 0.6 is 10.6 Å². The molecule has 1 saturated heterocycles. The number of carbonyl (C=O) groups excluding carboxylic acids is 1. The molecule has 0 aromatic heterocycles. The van der Waals surface area contributed by atoms with E-state index in [1.54, 1.807) is 0 Å². The van der Waals surface area contributed by atoms with Crippen LogP contribution in [0, 0.1) is 0 Å². The Bertz CT molecular complexity index is 259. The van der Waals surface area contributed by atoms with Crippen molar-refractivity contribution in [3.63, 3.8) is 0 Å². The molecule has 3 N–H and O–H groups in total. The molecule has 1 heterocycles. The minimum atomic E-state index is -2.34. The molecule has 0 unspecified atom stereocenters. The number of nitrogens with zero attached hydrogens (tertiary/aromatic N) is 1. The molecule has 0 bridgehead atoms. The first-order valence-electron chi connectivity index (χ1n) is 5.46. The monoisotopic (exact) mass is 250 g/mol. The maximum atomic E-state index is 10.9. The Labute approximate surface area is 98.6 Å². The van der Waals surface area contributed by atoms with Crippen LogP contribution in [0.3, 0.4) is 0 Å².